The molecule has 0 amide bonds. The van der Waals surface area contributed by atoms with Crippen molar-refractivity contribution in [3.8, 4) is 0 Å². The Morgan fingerprint density at radius 2 is 2.43 bits per heavy atom. The monoisotopic (exact) mass is 190 g/mol. The summed E-state index contributed by atoms with van der Waals surface area (Å²) in [5.74, 6) is 0.216. The number of rotatable bonds is 2. The summed E-state index contributed by atoms with van der Waals surface area (Å²) in [5.41, 5.74) is 7.32. The van der Waals surface area contributed by atoms with Crippen molar-refractivity contribution in [1.82, 2.24) is 5.32 Å². The van der Waals surface area contributed by atoms with E-state index in [0.29, 0.717) is 0 Å². The fourth-order valence-electron chi connectivity index (χ4n) is 2.01. The van der Waals surface area contributed by atoms with Gasteiger partial charge in [0.1, 0.15) is 0 Å². The second-order valence-corrected chi connectivity index (χ2v) is 3.68. The highest BCUT2D eigenvalue weighted by atomic mass is 16.1. The molecule has 0 saturated carbocycles. The van der Waals surface area contributed by atoms with Crippen LogP contribution in [-0.4, -0.2) is 18.4 Å². The minimum absolute atomic E-state index is 0.0390. The molecule has 2 unspecified atom stereocenters. The molecule has 1 heterocycles. The van der Waals surface area contributed by atoms with Gasteiger partial charge in [-0.3, -0.25) is 4.79 Å². The van der Waals surface area contributed by atoms with Crippen LogP contribution in [0.3, 0.4) is 0 Å². The lowest BCUT2D eigenvalue weighted by molar-refractivity contribution is -0.114. The summed E-state index contributed by atoms with van der Waals surface area (Å²) < 4.78 is 0. The van der Waals surface area contributed by atoms with Crippen molar-refractivity contribution in [3.63, 3.8) is 0 Å². The summed E-state index contributed by atoms with van der Waals surface area (Å²) in [4.78, 5) is 11.5. The van der Waals surface area contributed by atoms with Crippen molar-refractivity contribution in [2.75, 3.05) is 6.54 Å². The average molecular weight is 190 g/mol. The molecule has 0 aromatic carbocycles. The van der Waals surface area contributed by atoms with Crippen molar-refractivity contribution in [2.45, 2.75) is 13.0 Å². The zero-order chi connectivity index (χ0) is 10.1. The minimum Gasteiger partial charge on any atom is -0.382 e. The maximum Gasteiger partial charge on any atom is 0.173 e. The zero-order valence-corrected chi connectivity index (χ0v) is 8.16. The summed E-state index contributed by atoms with van der Waals surface area (Å²) in [6.45, 7) is 2.10. The predicted molar refractivity (Wildman–Crippen MR) is 55.5 cm³/mol. The third-order valence-electron chi connectivity index (χ3n) is 2.67. The molecule has 0 saturated heterocycles. The Morgan fingerprint density at radius 3 is 3.14 bits per heavy atom. The first kappa shape index (κ1) is 9.21. The number of carbonyl (C=O) groups is 1. The van der Waals surface area contributed by atoms with Crippen molar-refractivity contribution in [3.05, 3.63) is 35.6 Å². The van der Waals surface area contributed by atoms with Crippen LogP contribution in [0.25, 0.3) is 0 Å². The van der Waals surface area contributed by atoms with Crippen molar-refractivity contribution in [2.24, 2.45) is 11.7 Å². The average Bonchev–Trinajstić information content (AvgIpc) is 2.56. The zero-order valence-electron chi connectivity index (χ0n) is 8.16. The first-order valence-corrected chi connectivity index (χ1v) is 4.79. The fraction of sp³-hybridized carbons (Fsp3) is 0.364. The molecule has 2 rings (SSSR count). The fourth-order valence-corrected chi connectivity index (χ4v) is 2.01. The van der Waals surface area contributed by atoms with Crippen LogP contribution in [0.1, 0.15) is 6.92 Å². The van der Waals surface area contributed by atoms with Crippen LogP contribution in [0.5, 0.6) is 0 Å². The second kappa shape index (κ2) is 3.42. The molecule has 0 aromatic rings. The number of allylic oxidation sites excluding steroid dienone is 3. The van der Waals surface area contributed by atoms with Gasteiger partial charge < -0.3 is 11.1 Å². The van der Waals surface area contributed by atoms with Crippen LogP contribution in [0, 0.1) is 5.92 Å². The summed E-state index contributed by atoms with van der Waals surface area (Å²) >= 11 is 0. The first-order valence-electron chi connectivity index (χ1n) is 4.79. The van der Waals surface area contributed by atoms with E-state index in [1.165, 1.54) is 0 Å². The lowest BCUT2D eigenvalue weighted by atomic mass is 9.86. The highest BCUT2D eigenvalue weighted by Crippen LogP contribution is 2.28. The molecule has 0 fully saturated rings. The van der Waals surface area contributed by atoms with Gasteiger partial charge in [0, 0.05) is 17.2 Å². The number of nitrogens with one attached hydrogen (secondary N) is 1. The smallest absolute Gasteiger partial charge is 0.173 e. The van der Waals surface area contributed by atoms with Gasteiger partial charge in [-0.2, -0.15) is 0 Å². The molecular weight excluding hydrogens is 176 g/mol. The molecule has 14 heavy (non-hydrogen) atoms. The Bertz CT molecular complexity index is 352. The summed E-state index contributed by atoms with van der Waals surface area (Å²) in [5, 5.41) is 3.31. The largest absolute Gasteiger partial charge is 0.382 e. The molecule has 3 nitrogen and oxygen atoms in total. The normalized spacial score (nSPS) is 29.0. The lowest BCUT2D eigenvalue weighted by Crippen LogP contribution is -2.32. The minimum atomic E-state index is 0.0390. The summed E-state index contributed by atoms with van der Waals surface area (Å²) in [6, 6.07) is 0.241. The Labute approximate surface area is 83.4 Å². The molecule has 0 bridgehead atoms. The van der Waals surface area contributed by atoms with E-state index in [4.69, 9.17) is 5.73 Å². The van der Waals surface area contributed by atoms with Gasteiger partial charge in [0.2, 0.25) is 0 Å². The molecule has 1 aliphatic carbocycles. The molecule has 3 heteroatoms. The van der Waals surface area contributed by atoms with Crippen molar-refractivity contribution >= 4 is 5.78 Å². The van der Waals surface area contributed by atoms with Gasteiger partial charge in [-0.25, -0.2) is 0 Å². The highest BCUT2D eigenvalue weighted by molar-refractivity contribution is 5.98. The van der Waals surface area contributed by atoms with Crippen LogP contribution in [-0.2, 0) is 4.79 Å². The van der Waals surface area contributed by atoms with Gasteiger partial charge in [-0.15, -0.1) is 0 Å². The molecule has 74 valence electrons. The SMILES string of the molecule is CC1=CC2C(C(=O)CN)=CC=CC2N1. The van der Waals surface area contributed by atoms with Gasteiger partial charge in [-0.1, -0.05) is 24.3 Å². The van der Waals surface area contributed by atoms with Gasteiger partial charge in [0.25, 0.3) is 0 Å². The number of hydrogen-bond donors (Lipinski definition) is 2. The van der Waals surface area contributed by atoms with E-state index in [2.05, 4.69) is 17.5 Å². The van der Waals surface area contributed by atoms with Gasteiger partial charge in [0.05, 0.1) is 12.6 Å². The van der Waals surface area contributed by atoms with Gasteiger partial charge in [-0.05, 0) is 6.92 Å². The number of Topliss-reactive ketones (excluding diaryl/α,β-unsaturated/α-hetero) is 1. The van der Waals surface area contributed by atoms with E-state index in [-0.39, 0.29) is 24.3 Å². The maximum atomic E-state index is 11.5. The van der Waals surface area contributed by atoms with E-state index in [0.717, 1.165) is 11.3 Å². The van der Waals surface area contributed by atoms with Crippen molar-refractivity contribution < 1.29 is 4.79 Å². The molecule has 0 spiro atoms. The van der Waals surface area contributed by atoms with E-state index < -0.39 is 0 Å². The maximum absolute atomic E-state index is 11.5. The van der Waals surface area contributed by atoms with Crippen LogP contribution in [0.4, 0.5) is 0 Å². The van der Waals surface area contributed by atoms with Crippen LogP contribution in [0.15, 0.2) is 35.6 Å². The molecule has 0 radical (unpaired) electrons. The van der Waals surface area contributed by atoms with E-state index in [1.54, 1.807) is 0 Å². The lowest BCUT2D eigenvalue weighted by Gasteiger charge is -2.21. The molecule has 0 aromatic heterocycles. The van der Waals surface area contributed by atoms with Crippen molar-refractivity contribution in [1.29, 1.82) is 0 Å². The number of ketones is 1. The first-order chi connectivity index (χ1) is 6.72. The van der Waals surface area contributed by atoms with Gasteiger partial charge in [0.15, 0.2) is 5.78 Å². The number of nitrogens with two attached hydrogens (primary N) is 1. The van der Waals surface area contributed by atoms with E-state index in [1.807, 2.05) is 19.1 Å². The summed E-state index contributed by atoms with van der Waals surface area (Å²) in [6.07, 6.45) is 7.95. The Hall–Kier alpha value is -1.35. The molecule has 2 aliphatic rings. The third-order valence-corrected chi connectivity index (χ3v) is 2.67. The Morgan fingerprint density at radius 1 is 1.64 bits per heavy atom. The predicted octanol–water partition coefficient (Wildman–Crippen LogP) is 0.502. The van der Waals surface area contributed by atoms with Crippen LogP contribution in [0.2, 0.25) is 0 Å². The van der Waals surface area contributed by atoms with Crippen LogP contribution < -0.4 is 11.1 Å². The molecule has 1 aliphatic heterocycles. The second-order valence-electron chi connectivity index (χ2n) is 3.68. The number of fused-ring (bicyclic) bond motifs is 1. The molecular formula is C11H14N2O. The summed E-state index contributed by atoms with van der Waals surface area (Å²) in [7, 11) is 0. The molecule has 3 N–H and O–H groups in total. The highest BCUT2D eigenvalue weighted by Gasteiger charge is 2.30. The van der Waals surface area contributed by atoms with Crippen LogP contribution >= 0.6 is 0 Å². The van der Waals surface area contributed by atoms with E-state index in [9.17, 15) is 4.79 Å². The molecule has 2 atom stereocenters. The quantitative estimate of drug-likeness (QED) is 0.666. The Kier molecular flexibility index (Phi) is 2.25. The topological polar surface area (TPSA) is 55.1 Å². The van der Waals surface area contributed by atoms with E-state index >= 15 is 0 Å². The Balaban J connectivity index is 2.28. The number of carbonyl (C=O) groups excluding carboxylic acids is 1. The standard InChI is InChI=1S/C11H14N2O/c1-7-5-9-8(11(14)6-12)3-2-4-10(9)13-7/h2-5,9-10,13H,6,12H2,1H3. The third kappa shape index (κ3) is 1.40. The number of hydrogen-bond acceptors (Lipinski definition) is 3. The van der Waals surface area contributed by atoms with Gasteiger partial charge >= 0.3 is 0 Å².